The van der Waals surface area contributed by atoms with Crippen molar-refractivity contribution in [3.63, 3.8) is 0 Å². The second kappa shape index (κ2) is 6.33. The molecule has 0 atom stereocenters. The van der Waals surface area contributed by atoms with Crippen LogP contribution in [-0.4, -0.2) is 57.4 Å². The van der Waals surface area contributed by atoms with Crippen molar-refractivity contribution >= 4 is 17.6 Å². The first kappa shape index (κ1) is 14.3. The summed E-state index contributed by atoms with van der Waals surface area (Å²) in [4.78, 5) is 29.5. The van der Waals surface area contributed by atoms with Gasteiger partial charge in [-0.05, 0) is 6.07 Å². The highest BCUT2D eigenvalue weighted by Crippen LogP contribution is 2.20. The molecule has 0 aromatic carbocycles. The number of pyridine rings is 1. The van der Waals surface area contributed by atoms with Crippen LogP contribution in [-0.2, 0) is 14.2 Å². The molecule has 1 saturated heterocycles. The van der Waals surface area contributed by atoms with Gasteiger partial charge < -0.3 is 19.1 Å². The van der Waals surface area contributed by atoms with Crippen molar-refractivity contribution in [2.75, 3.05) is 45.4 Å². The minimum atomic E-state index is -0.668. The number of nitrogens with zero attached hydrogens (tertiary/aromatic N) is 2. The quantitative estimate of drug-likeness (QED) is 0.746. The van der Waals surface area contributed by atoms with Crippen LogP contribution < -0.4 is 4.90 Å². The summed E-state index contributed by atoms with van der Waals surface area (Å²) in [6.07, 6.45) is 1.55. The van der Waals surface area contributed by atoms with E-state index in [4.69, 9.17) is 4.74 Å². The molecule has 0 radical (unpaired) electrons. The van der Waals surface area contributed by atoms with E-state index in [2.05, 4.69) is 14.5 Å². The molecule has 0 bridgehead atoms. The maximum atomic E-state index is 11.8. The molecule has 0 aliphatic carbocycles. The lowest BCUT2D eigenvalue weighted by atomic mass is 10.1. The fourth-order valence-corrected chi connectivity index (χ4v) is 1.97. The zero-order valence-corrected chi connectivity index (χ0v) is 11.4. The van der Waals surface area contributed by atoms with Gasteiger partial charge in [-0.3, -0.25) is 0 Å². The number of rotatable bonds is 3. The Bertz CT molecular complexity index is 511. The molecule has 1 aliphatic rings. The molecule has 7 heteroatoms. The number of ether oxygens (including phenoxy) is 3. The lowest BCUT2D eigenvalue weighted by Gasteiger charge is -2.28. The summed E-state index contributed by atoms with van der Waals surface area (Å²) in [7, 11) is 2.49. The van der Waals surface area contributed by atoms with E-state index in [1.165, 1.54) is 14.2 Å². The van der Waals surface area contributed by atoms with Crippen LogP contribution in [0, 0.1) is 0 Å². The minimum absolute atomic E-state index is 0.0450. The molecule has 2 rings (SSSR count). The topological polar surface area (TPSA) is 78.0 Å². The van der Waals surface area contributed by atoms with Crippen molar-refractivity contribution in [1.29, 1.82) is 0 Å². The van der Waals surface area contributed by atoms with Crippen molar-refractivity contribution in [1.82, 2.24) is 4.98 Å². The molecule has 1 aromatic rings. The number of esters is 2. The van der Waals surface area contributed by atoms with Gasteiger partial charge in [-0.25, -0.2) is 14.6 Å². The monoisotopic (exact) mass is 280 g/mol. The molecule has 0 amide bonds. The van der Waals surface area contributed by atoms with Crippen LogP contribution in [0.1, 0.15) is 20.8 Å². The first-order valence-corrected chi connectivity index (χ1v) is 6.16. The Morgan fingerprint density at radius 1 is 1.20 bits per heavy atom. The van der Waals surface area contributed by atoms with E-state index in [9.17, 15) is 9.59 Å². The third kappa shape index (κ3) is 2.88. The van der Waals surface area contributed by atoms with E-state index in [0.29, 0.717) is 26.3 Å². The van der Waals surface area contributed by atoms with E-state index >= 15 is 0 Å². The predicted molar refractivity (Wildman–Crippen MR) is 69.9 cm³/mol. The standard InChI is InChI=1S/C13H16N2O5/c1-18-12(16)10-7-9(15-3-5-20-6-4-15)8-14-11(10)13(17)19-2/h7-8H,3-6H2,1-2H3. The summed E-state index contributed by atoms with van der Waals surface area (Å²) in [5.41, 5.74) is 0.807. The van der Waals surface area contributed by atoms with Gasteiger partial charge in [0, 0.05) is 13.1 Å². The molecule has 7 nitrogen and oxygen atoms in total. The van der Waals surface area contributed by atoms with Crippen molar-refractivity contribution in [2.45, 2.75) is 0 Å². The van der Waals surface area contributed by atoms with Crippen molar-refractivity contribution in [2.24, 2.45) is 0 Å². The Kier molecular flexibility index (Phi) is 4.52. The number of methoxy groups -OCH3 is 2. The SMILES string of the molecule is COC(=O)c1cc(N2CCOCC2)cnc1C(=O)OC. The zero-order valence-electron chi connectivity index (χ0n) is 11.4. The van der Waals surface area contributed by atoms with Crippen molar-refractivity contribution in [3.8, 4) is 0 Å². The molecule has 20 heavy (non-hydrogen) atoms. The normalized spacial score (nSPS) is 14.8. The van der Waals surface area contributed by atoms with Crippen LogP contribution in [0.2, 0.25) is 0 Å². The summed E-state index contributed by atoms with van der Waals surface area (Å²) in [5.74, 6) is -1.29. The zero-order chi connectivity index (χ0) is 14.5. The molecular formula is C13H16N2O5. The van der Waals surface area contributed by atoms with Gasteiger partial charge in [0.05, 0.1) is 44.9 Å². The highest BCUT2D eigenvalue weighted by Gasteiger charge is 2.22. The van der Waals surface area contributed by atoms with E-state index in [0.717, 1.165) is 5.69 Å². The van der Waals surface area contributed by atoms with Gasteiger partial charge in [0.25, 0.3) is 0 Å². The van der Waals surface area contributed by atoms with Crippen molar-refractivity contribution < 1.29 is 23.8 Å². The highest BCUT2D eigenvalue weighted by molar-refractivity contribution is 6.02. The molecule has 1 fully saturated rings. The Labute approximate surface area is 116 Å². The minimum Gasteiger partial charge on any atom is -0.465 e. The molecule has 1 aromatic heterocycles. The van der Waals surface area contributed by atoms with Crippen LogP contribution in [0.25, 0.3) is 0 Å². The average molecular weight is 280 g/mol. The van der Waals surface area contributed by atoms with Gasteiger partial charge in [0.15, 0.2) is 5.69 Å². The Morgan fingerprint density at radius 2 is 1.85 bits per heavy atom. The Balaban J connectivity index is 2.37. The molecule has 0 N–H and O–H groups in total. The van der Waals surface area contributed by atoms with Gasteiger partial charge >= 0.3 is 11.9 Å². The average Bonchev–Trinajstić information content (AvgIpc) is 2.53. The number of carbonyl (C=O) groups is 2. The summed E-state index contributed by atoms with van der Waals surface area (Å²) < 4.78 is 14.6. The van der Waals surface area contributed by atoms with E-state index in [1.807, 2.05) is 4.90 Å². The van der Waals surface area contributed by atoms with Gasteiger partial charge in [-0.15, -0.1) is 0 Å². The lowest BCUT2D eigenvalue weighted by Crippen LogP contribution is -2.36. The third-order valence-corrected chi connectivity index (χ3v) is 3.03. The largest absolute Gasteiger partial charge is 0.465 e. The number of morpholine rings is 1. The van der Waals surface area contributed by atoms with Gasteiger partial charge in [0.2, 0.25) is 0 Å². The molecule has 1 aliphatic heterocycles. The smallest absolute Gasteiger partial charge is 0.357 e. The lowest BCUT2D eigenvalue weighted by molar-refractivity contribution is 0.0550. The molecule has 108 valence electrons. The van der Waals surface area contributed by atoms with E-state index in [1.54, 1.807) is 12.3 Å². The number of carbonyl (C=O) groups excluding carboxylic acids is 2. The maximum Gasteiger partial charge on any atom is 0.357 e. The summed E-state index contributed by atoms with van der Waals surface area (Å²) in [6.45, 7) is 2.65. The van der Waals surface area contributed by atoms with E-state index < -0.39 is 11.9 Å². The first-order chi connectivity index (χ1) is 9.67. The van der Waals surface area contributed by atoms with Gasteiger partial charge in [-0.1, -0.05) is 0 Å². The maximum absolute atomic E-state index is 11.8. The summed E-state index contributed by atoms with van der Waals surface area (Å²) in [6, 6.07) is 1.59. The summed E-state index contributed by atoms with van der Waals surface area (Å²) >= 11 is 0. The van der Waals surface area contributed by atoms with Crippen LogP contribution in [0.4, 0.5) is 5.69 Å². The van der Waals surface area contributed by atoms with Crippen LogP contribution >= 0.6 is 0 Å². The number of aromatic nitrogens is 1. The predicted octanol–water partition coefficient (Wildman–Crippen LogP) is 0.491. The molecule has 2 heterocycles. The molecule has 0 saturated carbocycles. The summed E-state index contributed by atoms with van der Waals surface area (Å²) in [5, 5.41) is 0. The number of hydrogen-bond donors (Lipinski definition) is 0. The van der Waals surface area contributed by atoms with Gasteiger partial charge in [0.1, 0.15) is 0 Å². The second-order valence-electron chi connectivity index (χ2n) is 4.17. The molecule has 0 spiro atoms. The fraction of sp³-hybridized carbons (Fsp3) is 0.462. The molecular weight excluding hydrogens is 264 g/mol. The van der Waals surface area contributed by atoms with Crippen LogP contribution in [0.15, 0.2) is 12.3 Å². The fourth-order valence-electron chi connectivity index (χ4n) is 1.97. The third-order valence-electron chi connectivity index (χ3n) is 3.03. The Hall–Kier alpha value is -2.15. The van der Waals surface area contributed by atoms with Crippen molar-refractivity contribution in [3.05, 3.63) is 23.5 Å². The van der Waals surface area contributed by atoms with Crippen LogP contribution in [0.5, 0.6) is 0 Å². The highest BCUT2D eigenvalue weighted by atomic mass is 16.5. The first-order valence-electron chi connectivity index (χ1n) is 6.16. The number of anilines is 1. The Morgan fingerprint density at radius 3 is 2.45 bits per heavy atom. The van der Waals surface area contributed by atoms with Gasteiger partial charge in [-0.2, -0.15) is 0 Å². The second-order valence-corrected chi connectivity index (χ2v) is 4.17. The molecule has 0 unspecified atom stereocenters. The van der Waals surface area contributed by atoms with E-state index in [-0.39, 0.29) is 11.3 Å². The van der Waals surface area contributed by atoms with Crippen LogP contribution in [0.3, 0.4) is 0 Å². The number of hydrogen-bond acceptors (Lipinski definition) is 7.